The number of hydrogen-bond donors (Lipinski definition) is 0. The Morgan fingerprint density at radius 2 is 1.31 bits per heavy atom. The lowest BCUT2D eigenvalue weighted by Crippen LogP contribution is -2.11. The Hall–Kier alpha value is -6.02. The predicted octanol–water partition coefficient (Wildman–Crippen LogP) is 8.10. The van der Waals surface area contributed by atoms with Crippen molar-refractivity contribution in [3.8, 4) is 5.75 Å². The third-order valence-corrected chi connectivity index (χ3v) is 8.24. The number of benzene rings is 4. The molecule has 4 aromatic rings. The molecule has 2 heterocycles. The first-order chi connectivity index (χ1) is 22.8. The molecule has 0 aromatic heterocycles. The summed E-state index contributed by atoms with van der Waals surface area (Å²) in [5.41, 5.74) is 6.07. The third kappa shape index (κ3) is 6.33. The topological polar surface area (TPSA) is 105 Å². The molecule has 2 aliphatic heterocycles. The fourth-order valence-electron chi connectivity index (χ4n) is 5.46. The minimum absolute atomic E-state index is 0.0132. The third-order valence-electron chi connectivity index (χ3n) is 8.24. The Bertz CT molecular complexity index is 2080. The summed E-state index contributed by atoms with van der Waals surface area (Å²) in [6.07, 6.45) is 0.353. The lowest BCUT2D eigenvalue weighted by atomic mass is 9.87. The van der Waals surface area contributed by atoms with E-state index in [9.17, 15) is 19.2 Å². The van der Waals surface area contributed by atoms with Crippen LogP contribution in [-0.2, 0) is 32.7 Å². The van der Waals surface area contributed by atoms with Crippen molar-refractivity contribution in [1.29, 1.82) is 0 Å². The Morgan fingerprint density at radius 3 is 2.04 bits per heavy atom. The van der Waals surface area contributed by atoms with Crippen LogP contribution < -0.4 is 4.74 Å². The Morgan fingerprint density at radius 1 is 0.708 bits per heavy atom. The minimum Gasteiger partial charge on any atom is -0.457 e. The molecule has 0 unspecified atom stereocenters. The van der Waals surface area contributed by atoms with Crippen molar-refractivity contribution in [2.45, 2.75) is 39.2 Å². The molecule has 0 aliphatic carbocycles. The van der Waals surface area contributed by atoms with E-state index in [0.717, 1.165) is 22.3 Å². The number of allylic oxidation sites excluding steroid dienone is 1. The maximum Gasteiger partial charge on any atom is 0.346 e. The van der Waals surface area contributed by atoms with Crippen LogP contribution in [0.5, 0.6) is 5.75 Å². The normalized spacial score (nSPS) is 13.4. The van der Waals surface area contributed by atoms with Crippen LogP contribution in [-0.4, -0.2) is 23.9 Å². The summed E-state index contributed by atoms with van der Waals surface area (Å²) in [6.45, 7) is 18.4. The molecule has 240 valence electrons. The van der Waals surface area contributed by atoms with Gasteiger partial charge in [0.2, 0.25) is 0 Å². The van der Waals surface area contributed by atoms with E-state index in [1.807, 2.05) is 30.3 Å². The number of cyclic esters (lactones) is 3. The zero-order chi connectivity index (χ0) is 34.3. The van der Waals surface area contributed by atoms with Crippen LogP contribution in [0.2, 0.25) is 0 Å². The summed E-state index contributed by atoms with van der Waals surface area (Å²) in [5.74, 6) is -1.91. The number of rotatable bonds is 9. The van der Waals surface area contributed by atoms with Gasteiger partial charge in [0.25, 0.3) is 0 Å². The molecule has 0 saturated carbocycles. The maximum absolute atomic E-state index is 13.6. The second kappa shape index (κ2) is 12.3. The molecule has 0 bridgehead atoms. The summed E-state index contributed by atoms with van der Waals surface area (Å²) < 4.78 is 21.6. The lowest BCUT2D eigenvalue weighted by Gasteiger charge is -2.19. The zero-order valence-electron chi connectivity index (χ0n) is 26.8. The lowest BCUT2D eigenvalue weighted by molar-refractivity contribution is 0.0438. The highest BCUT2D eigenvalue weighted by atomic mass is 16.6. The van der Waals surface area contributed by atoms with Gasteiger partial charge in [0.05, 0.1) is 16.7 Å². The molecule has 8 nitrogen and oxygen atoms in total. The first kappa shape index (κ1) is 31.9. The highest BCUT2D eigenvalue weighted by Crippen LogP contribution is 2.33. The first-order valence-corrected chi connectivity index (χ1v) is 15.2. The van der Waals surface area contributed by atoms with Crippen molar-refractivity contribution in [1.82, 2.24) is 0 Å². The summed E-state index contributed by atoms with van der Waals surface area (Å²) in [7, 11) is 0. The van der Waals surface area contributed by atoms with Crippen molar-refractivity contribution in [2.75, 3.05) is 0 Å². The number of esters is 4. The van der Waals surface area contributed by atoms with Gasteiger partial charge < -0.3 is 18.9 Å². The van der Waals surface area contributed by atoms with Gasteiger partial charge >= 0.3 is 23.9 Å². The Balaban J connectivity index is 1.26. The SMILES string of the molecule is C=C(Cc1ccc(OC(=C)c2ccc3c(c2)C(=O)OC3=O)c(C(=O)OCc2ccc(C(C)(C)C)cc2)c1)c1ccc2c(c1)C(=O)OC2=C. The molecule has 0 amide bonds. The molecule has 48 heavy (non-hydrogen) atoms. The van der Waals surface area contributed by atoms with Crippen LogP contribution in [0.15, 0.2) is 98.6 Å². The van der Waals surface area contributed by atoms with E-state index >= 15 is 0 Å². The van der Waals surface area contributed by atoms with E-state index in [4.69, 9.17) is 14.2 Å². The summed E-state index contributed by atoms with van der Waals surface area (Å²) in [4.78, 5) is 49.9. The molecule has 0 radical (unpaired) electrons. The van der Waals surface area contributed by atoms with Gasteiger partial charge in [-0.2, -0.15) is 0 Å². The van der Waals surface area contributed by atoms with Crippen LogP contribution in [0.3, 0.4) is 0 Å². The monoisotopic (exact) mass is 640 g/mol. The second-order valence-corrected chi connectivity index (χ2v) is 12.7. The number of ether oxygens (including phenoxy) is 4. The number of carbonyl (C=O) groups excluding carboxylic acids is 4. The van der Waals surface area contributed by atoms with Crippen LogP contribution in [0.1, 0.15) is 95.6 Å². The average Bonchev–Trinajstić information content (AvgIpc) is 3.51. The van der Waals surface area contributed by atoms with Gasteiger partial charge in [0, 0.05) is 11.1 Å². The van der Waals surface area contributed by atoms with E-state index in [-0.39, 0.29) is 40.2 Å². The van der Waals surface area contributed by atoms with Crippen molar-refractivity contribution < 1.29 is 38.1 Å². The highest BCUT2D eigenvalue weighted by Gasteiger charge is 2.30. The van der Waals surface area contributed by atoms with Crippen molar-refractivity contribution in [2.24, 2.45) is 0 Å². The van der Waals surface area contributed by atoms with Gasteiger partial charge in [-0.05, 0) is 76.1 Å². The van der Waals surface area contributed by atoms with E-state index < -0.39 is 23.9 Å². The average molecular weight is 641 g/mol. The van der Waals surface area contributed by atoms with E-state index in [1.165, 1.54) is 12.1 Å². The van der Waals surface area contributed by atoms with E-state index in [2.05, 4.69) is 45.2 Å². The van der Waals surface area contributed by atoms with Gasteiger partial charge in [-0.25, -0.2) is 19.2 Å². The summed E-state index contributed by atoms with van der Waals surface area (Å²) in [6, 6.07) is 22.8. The molecule has 0 N–H and O–H groups in total. The van der Waals surface area contributed by atoms with Crippen molar-refractivity contribution >= 4 is 41.0 Å². The predicted molar refractivity (Wildman–Crippen MR) is 180 cm³/mol. The van der Waals surface area contributed by atoms with Gasteiger partial charge in [-0.15, -0.1) is 0 Å². The zero-order valence-corrected chi connectivity index (χ0v) is 26.8. The first-order valence-electron chi connectivity index (χ1n) is 15.2. The highest BCUT2D eigenvalue weighted by molar-refractivity contribution is 6.15. The fraction of sp³-hybridized carbons (Fsp3) is 0.150. The molecule has 2 aliphatic rings. The fourth-order valence-corrected chi connectivity index (χ4v) is 5.46. The maximum atomic E-state index is 13.6. The molecule has 0 fully saturated rings. The quantitative estimate of drug-likeness (QED) is 0.0782. The molecule has 0 saturated heterocycles. The minimum atomic E-state index is -0.751. The summed E-state index contributed by atoms with van der Waals surface area (Å²) in [5, 5.41) is 0. The van der Waals surface area contributed by atoms with Gasteiger partial charge in [0.1, 0.15) is 29.4 Å². The van der Waals surface area contributed by atoms with E-state index in [1.54, 1.807) is 36.4 Å². The molecule has 8 heteroatoms. The number of fused-ring (bicyclic) bond motifs is 2. The molecule has 0 atom stereocenters. The van der Waals surface area contributed by atoms with Crippen LogP contribution in [0, 0.1) is 0 Å². The van der Waals surface area contributed by atoms with Gasteiger partial charge in [-0.1, -0.05) is 83.0 Å². The van der Waals surface area contributed by atoms with E-state index in [0.29, 0.717) is 34.4 Å². The van der Waals surface area contributed by atoms with Crippen LogP contribution in [0.4, 0.5) is 0 Å². The molecule has 0 spiro atoms. The molecular weight excluding hydrogens is 608 g/mol. The Labute approximate surface area is 277 Å². The van der Waals surface area contributed by atoms with Crippen molar-refractivity contribution in [3.05, 3.63) is 154 Å². The molecule has 4 aromatic carbocycles. The van der Waals surface area contributed by atoms with Gasteiger partial charge in [0.15, 0.2) is 0 Å². The summed E-state index contributed by atoms with van der Waals surface area (Å²) >= 11 is 0. The van der Waals surface area contributed by atoms with Gasteiger partial charge in [-0.3, -0.25) is 0 Å². The standard InChI is InChI=1S/C40H32O8/c1-22(27-10-14-30-24(3)47-38(43)32(30)19-27)17-26-9-16-35(46-23(2)28-11-15-31-33(20-28)39(44)48-37(31)42)34(18-26)36(41)45-21-25-7-12-29(13-8-25)40(4,5)6/h7-16,18-20H,1-3,17,21H2,4-6H3. The number of hydrogen-bond acceptors (Lipinski definition) is 8. The van der Waals surface area contributed by atoms with Crippen LogP contribution >= 0.6 is 0 Å². The molecule has 6 rings (SSSR count). The van der Waals surface area contributed by atoms with Crippen molar-refractivity contribution in [3.63, 3.8) is 0 Å². The molecular formula is C40H32O8. The van der Waals surface area contributed by atoms with Crippen LogP contribution in [0.25, 0.3) is 17.1 Å². The number of carbonyl (C=O) groups is 4. The largest absolute Gasteiger partial charge is 0.457 e. The Kier molecular flexibility index (Phi) is 8.18. The smallest absolute Gasteiger partial charge is 0.346 e. The second-order valence-electron chi connectivity index (χ2n) is 12.7.